The molecule has 5 heteroatoms. The molecular formula is C18H17N3O2. The second-order valence-electron chi connectivity index (χ2n) is 5.67. The lowest BCUT2D eigenvalue weighted by molar-refractivity contribution is 0.318. The molecule has 2 aliphatic rings. The first-order chi connectivity index (χ1) is 11.3. The number of aliphatic imine (C=N–C) groups is 2. The summed E-state index contributed by atoms with van der Waals surface area (Å²) in [5.74, 6) is 1.17. The van der Waals surface area contributed by atoms with Crippen LogP contribution in [0.5, 0.6) is 0 Å². The Hall–Kier alpha value is -2.69. The lowest BCUT2D eigenvalue weighted by atomic mass is 10.1. The van der Waals surface area contributed by atoms with Gasteiger partial charge in [0.1, 0.15) is 30.6 Å². The molecule has 2 atom stereocenters. The van der Waals surface area contributed by atoms with E-state index in [4.69, 9.17) is 9.47 Å². The molecule has 5 nitrogen and oxygen atoms in total. The number of hydrogen-bond donors (Lipinski definition) is 0. The third-order valence-electron chi connectivity index (χ3n) is 3.82. The predicted octanol–water partition coefficient (Wildman–Crippen LogP) is 2.77. The maximum atomic E-state index is 5.75. The monoisotopic (exact) mass is 307 g/mol. The number of rotatable bonds is 3. The van der Waals surface area contributed by atoms with Gasteiger partial charge < -0.3 is 9.47 Å². The Kier molecular flexibility index (Phi) is 3.54. The molecule has 0 bridgehead atoms. The molecule has 0 fully saturated rings. The van der Waals surface area contributed by atoms with Gasteiger partial charge in [-0.3, -0.25) is 0 Å². The molecule has 2 unspecified atom stereocenters. The minimum atomic E-state index is 0.0248. The molecule has 0 radical (unpaired) electrons. The van der Waals surface area contributed by atoms with Crippen molar-refractivity contribution < 1.29 is 9.47 Å². The molecule has 1 aromatic heterocycles. The fourth-order valence-electron chi connectivity index (χ4n) is 2.65. The summed E-state index contributed by atoms with van der Waals surface area (Å²) in [6.45, 7) is 3.17. The fraction of sp³-hybridized carbons (Fsp3) is 0.278. The van der Waals surface area contributed by atoms with Crippen LogP contribution in [0.1, 0.15) is 29.9 Å². The largest absolute Gasteiger partial charge is 0.474 e. The van der Waals surface area contributed by atoms with E-state index in [1.165, 1.54) is 0 Å². The van der Waals surface area contributed by atoms with Crippen LogP contribution in [0.4, 0.5) is 0 Å². The molecule has 23 heavy (non-hydrogen) atoms. The second kappa shape index (κ2) is 5.83. The molecular weight excluding hydrogens is 290 g/mol. The Labute approximate surface area is 134 Å². The number of pyridine rings is 1. The third-order valence-corrected chi connectivity index (χ3v) is 3.82. The van der Waals surface area contributed by atoms with E-state index in [2.05, 4.69) is 27.1 Å². The minimum Gasteiger partial charge on any atom is -0.474 e. The van der Waals surface area contributed by atoms with Crippen LogP contribution in [0.3, 0.4) is 0 Å². The Balaban J connectivity index is 1.60. The van der Waals surface area contributed by atoms with E-state index in [1.807, 2.05) is 43.3 Å². The van der Waals surface area contributed by atoms with Crippen molar-refractivity contribution in [1.82, 2.24) is 4.98 Å². The summed E-state index contributed by atoms with van der Waals surface area (Å²) in [6, 6.07) is 16.1. The van der Waals surface area contributed by atoms with Crippen molar-refractivity contribution in [3.63, 3.8) is 0 Å². The standard InChI is InChI=1S/C18H17N3O2/c1-12-10-22-17(19-12)14-8-5-9-15(20-14)18-21-16(11-23-18)13-6-3-2-4-7-13/h2-9,12,16H,10-11H2,1H3. The van der Waals surface area contributed by atoms with Crippen molar-refractivity contribution in [3.8, 4) is 0 Å². The molecule has 1 aromatic carbocycles. The van der Waals surface area contributed by atoms with E-state index in [1.54, 1.807) is 0 Å². The van der Waals surface area contributed by atoms with Gasteiger partial charge >= 0.3 is 0 Å². The molecule has 0 spiro atoms. The molecule has 116 valence electrons. The van der Waals surface area contributed by atoms with E-state index >= 15 is 0 Å². The normalized spacial score (nSPS) is 23.0. The van der Waals surface area contributed by atoms with Crippen LogP contribution >= 0.6 is 0 Å². The van der Waals surface area contributed by atoms with Gasteiger partial charge in [-0.1, -0.05) is 36.4 Å². The zero-order valence-corrected chi connectivity index (χ0v) is 12.8. The molecule has 3 heterocycles. The highest BCUT2D eigenvalue weighted by Gasteiger charge is 2.24. The van der Waals surface area contributed by atoms with Crippen molar-refractivity contribution in [3.05, 3.63) is 65.5 Å². The highest BCUT2D eigenvalue weighted by molar-refractivity contribution is 5.97. The quantitative estimate of drug-likeness (QED) is 0.876. The number of nitrogens with zero attached hydrogens (tertiary/aromatic N) is 3. The predicted molar refractivity (Wildman–Crippen MR) is 87.9 cm³/mol. The van der Waals surface area contributed by atoms with Gasteiger partial charge in [0.15, 0.2) is 0 Å². The molecule has 2 aromatic rings. The van der Waals surface area contributed by atoms with Crippen LogP contribution in [-0.4, -0.2) is 36.0 Å². The zero-order chi connectivity index (χ0) is 15.6. The van der Waals surface area contributed by atoms with Gasteiger partial charge in [-0.15, -0.1) is 0 Å². The molecule has 0 amide bonds. The molecule has 0 saturated carbocycles. The van der Waals surface area contributed by atoms with Crippen LogP contribution < -0.4 is 0 Å². The number of hydrogen-bond acceptors (Lipinski definition) is 5. The highest BCUT2D eigenvalue weighted by Crippen LogP contribution is 2.24. The third kappa shape index (κ3) is 2.82. The summed E-state index contributed by atoms with van der Waals surface area (Å²) < 4.78 is 11.3. The smallest absolute Gasteiger partial charge is 0.236 e. The molecule has 0 saturated heterocycles. The Bertz CT molecular complexity index is 771. The Morgan fingerprint density at radius 2 is 1.52 bits per heavy atom. The van der Waals surface area contributed by atoms with E-state index < -0.39 is 0 Å². The summed E-state index contributed by atoms with van der Waals surface area (Å²) in [5, 5.41) is 0. The maximum Gasteiger partial charge on any atom is 0.236 e. The summed E-state index contributed by atoms with van der Waals surface area (Å²) >= 11 is 0. The van der Waals surface area contributed by atoms with Crippen LogP contribution in [0.25, 0.3) is 0 Å². The van der Waals surface area contributed by atoms with Crippen molar-refractivity contribution in [2.75, 3.05) is 13.2 Å². The summed E-state index contributed by atoms with van der Waals surface area (Å²) in [4.78, 5) is 13.7. The minimum absolute atomic E-state index is 0.0248. The second-order valence-corrected chi connectivity index (χ2v) is 5.67. The van der Waals surface area contributed by atoms with Gasteiger partial charge in [0.25, 0.3) is 0 Å². The fourth-order valence-corrected chi connectivity index (χ4v) is 2.65. The maximum absolute atomic E-state index is 5.75. The van der Waals surface area contributed by atoms with Gasteiger partial charge in [0, 0.05) is 0 Å². The van der Waals surface area contributed by atoms with Gasteiger partial charge in [-0.05, 0) is 24.6 Å². The first-order valence-corrected chi connectivity index (χ1v) is 7.73. The number of benzene rings is 1. The lowest BCUT2D eigenvalue weighted by Gasteiger charge is -2.04. The average Bonchev–Trinajstić information content (AvgIpc) is 3.25. The van der Waals surface area contributed by atoms with E-state index in [0.717, 1.165) is 11.3 Å². The topological polar surface area (TPSA) is 56.1 Å². The van der Waals surface area contributed by atoms with E-state index in [9.17, 15) is 0 Å². The molecule has 2 aliphatic heterocycles. The summed E-state index contributed by atoms with van der Waals surface area (Å²) in [7, 11) is 0. The Morgan fingerprint density at radius 3 is 2.22 bits per heavy atom. The van der Waals surface area contributed by atoms with Gasteiger partial charge in [-0.25, -0.2) is 15.0 Å². The molecule has 4 rings (SSSR count). The molecule has 0 aliphatic carbocycles. The first-order valence-electron chi connectivity index (χ1n) is 7.73. The Morgan fingerprint density at radius 1 is 0.826 bits per heavy atom. The van der Waals surface area contributed by atoms with Crippen LogP contribution in [-0.2, 0) is 9.47 Å². The van der Waals surface area contributed by atoms with Gasteiger partial charge in [0.2, 0.25) is 11.8 Å². The van der Waals surface area contributed by atoms with Crippen molar-refractivity contribution in [2.24, 2.45) is 9.98 Å². The van der Waals surface area contributed by atoms with Crippen LogP contribution in [0, 0.1) is 0 Å². The van der Waals surface area contributed by atoms with Gasteiger partial charge in [-0.2, -0.15) is 0 Å². The van der Waals surface area contributed by atoms with Crippen LogP contribution in [0.15, 0.2) is 58.5 Å². The molecule has 0 N–H and O–H groups in total. The van der Waals surface area contributed by atoms with Gasteiger partial charge in [0.05, 0.1) is 6.04 Å². The van der Waals surface area contributed by atoms with Crippen molar-refractivity contribution in [1.29, 1.82) is 0 Å². The van der Waals surface area contributed by atoms with Crippen LogP contribution in [0.2, 0.25) is 0 Å². The van der Waals surface area contributed by atoms with E-state index in [0.29, 0.717) is 30.7 Å². The first kappa shape index (κ1) is 13.9. The van der Waals surface area contributed by atoms with E-state index in [-0.39, 0.29) is 12.1 Å². The summed E-state index contributed by atoms with van der Waals surface area (Å²) in [5.41, 5.74) is 2.59. The van der Waals surface area contributed by atoms with Crippen molar-refractivity contribution in [2.45, 2.75) is 19.0 Å². The SMILES string of the molecule is CC1COC(c2cccc(C3=NC(c4ccccc4)CO3)n2)=N1. The summed E-state index contributed by atoms with van der Waals surface area (Å²) in [6.07, 6.45) is 0. The van der Waals surface area contributed by atoms with Crippen molar-refractivity contribution >= 4 is 11.8 Å². The number of aromatic nitrogens is 1. The zero-order valence-electron chi connectivity index (χ0n) is 12.8. The number of ether oxygens (including phenoxy) is 2. The average molecular weight is 307 g/mol. The highest BCUT2D eigenvalue weighted by atomic mass is 16.5. The lowest BCUT2D eigenvalue weighted by Crippen LogP contribution is -2.10.